The molecule has 1 heterocycles. The van der Waals surface area contributed by atoms with Crippen LogP contribution in [0.2, 0.25) is 0 Å². The summed E-state index contributed by atoms with van der Waals surface area (Å²) in [6.07, 6.45) is 5.46. The van der Waals surface area contributed by atoms with Crippen molar-refractivity contribution in [1.29, 1.82) is 0 Å². The summed E-state index contributed by atoms with van der Waals surface area (Å²) in [6.45, 7) is 2.19. The Labute approximate surface area is 111 Å². The molecule has 0 aromatic carbocycles. The normalized spacial score (nSPS) is 17.9. The van der Waals surface area contributed by atoms with E-state index in [1.807, 2.05) is 13.2 Å². The fourth-order valence-corrected chi connectivity index (χ4v) is 2.76. The van der Waals surface area contributed by atoms with Gasteiger partial charge in [-0.25, -0.2) is 0 Å². The van der Waals surface area contributed by atoms with Crippen molar-refractivity contribution in [1.82, 2.24) is 10.1 Å². The SMILES string of the molecule is CCOC(=O)C1(c2nc(CSC)no2)CCCC1. The average Bonchev–Trinajstić information content (AvgIpc) is 2.98. The third-order valence-corrected chi connectivity index (χ3v) is 3.82. The Morgan fingerprint density at radius 1 is 1.50 bits per heavy atom. The van der Waals surface area contributed by atoms with E-state index in [1.165, 1.54) is 0 Å². The summed E-state index contributed by atoms with van der Waals surface area (Å²) in [5, 5.41) is 3.92. The average molecular weight is 270 g/mol. The first-order valence-electron chi connectivity index (χ1n) is 6.22. The molecule has 5 nitrogen and oxygen atoms in total. The lowest BCUT2D eigenvalue weighted by atomic mass is 9.86. The van der Waals surface area contributed by atoms with Gasteiger partial charge in [0.05, 0.1) is 12.4 Å². The topological polar surface area (TPSA) is 65.2 Å². The third kappa shape index (κ3) is 2.39. The highest BCUT2D eigenvalue weighted by Gasteiger charge is 2.49. The summed E-state index contributed by atoms with van der Waals surface area (Å²) < 4.78 is 10.5. The van der Waals surface area contributed by atoms with Crippen molar-refractivity contribution < 1.29 is 14.1 Å². The first-order valence-corrected chi connectivity index (χ1v) is 7.61. The Hall–Kier alpha value is -1.04. The second kappa shape index (κ2) is 5.73. The quantitative estimate of drug-likeness (QED) is 0.765. The van der Waals surface area contributed by atoms with Crippen LogP contribution in [0.25, 0.3) is 0 Å². The van der Waals surface area contributed by atoms with Gasteiger partial charge in [-0.15, -0.1) is 0 Å². The first-order chi connectivity index (χ1) is 8.73. The summed E-state index contributed by atoms with van der Waals surface area (Å²) in [4.78, 5) is 16.5. The lowest BCUT2D eigenvalue weighted by molar-refractivity contribution is -0.151. The summed E-state index contributed by atoms with van der Waals surface area (Å²) in [5.74, 6) is 1.56. The summed E-state index contributed by atoms with van der Waals surface area (Å²) in [5.41, 5.74) is -0.695. The van der Waals surface area contributed by atoms with Crippen LogP contribution in [-0.2, 0) is 20.7 Å². The molecule has 0 N–H and O–H groups in total. The van der Waals surface area contributed by atoms with Crippen molar-refractivity contribution in [2.45, 2.75) is 43.8 Å². The standard InChI is InChI=1S/C12H18N2O3S/c1-3-16-11(15)12(6-4-5-7-12)10-13-9(8-18-2)14-17-10/h3-8H2,1-2H3. The van der Waals surface area contributed by atoms with Gasteiger partial charge in [-0.2, -0.15) is 16.7 Å². The summed E-state index contributed by atoms with van der Waals surface area (Å²) >= 11 is 1.63. The number of carbonyl (C=O) groups is 1. The number of nitrogens with zero attached hydrogens (tertiary/aromatic N) is 2. The third-order valence-electron chi connectivity index (χ3n) is 3.27. The second-order valence-corrected chi connectivity index (χ2v) is 5.32. The maximum atomic E-state index is 12.2. The molecule has 6 heteroatoms. The Balaban J connectivity index is 2.25. The van der Waals surface area contributed by atoms with Gasteiger partial charge in [0.25, 0.3) is 0 Å². The smallest absolute Gasteiger partial charge is 0.321 e. The molecule has 100 valence electrons. The van der Waals surface area contributed by atoms with Gasteiger partial charge >= 0.3 is 5.97 Å². The van der Waals surface area contributed by atoms with E-state index in [9.17, 15) is 4.79 Å². The maximum absolute atomic E-state index is 12.2. The molecule has 1 fully saturated rings. The molecule has 1 aromatic rings. The van der Waals surface area contributed by atoms with Crippen molar-refractivity contribution in [3.63, 3.8) is 0 Å². The molecule has 1 aliphatic carbocycles. The number of esters is 1. The van der Waals surface area contributed by atoms with E-state index < -0.39 is 5.41 Å². The van der Waals surface area contributed by atoms with Crippen molar-refractivity contribution in [3.8, 4) is 0 Å². The number of carbonyl (C=O) groups excluding carboxylic acids is 1. The Bertz CT molecular complexity index is 413. The predicted octanol–water partition coefficient (Wildman–Crippen LogP) is 2.31. The number of hydrogen-bond donors (Lipinski definition) is 0. The van der Waals surface area contributed by atoms with E-state index in [1.54, 1.807) is 11.8 Å². The monoisotopic (exact) mass is 270 g/mol. The van der Waals surface area contributed by atoms with E-state index in [0.717, 1.165) is 25.7 Å². The zero-order valence-electron chi connectivity index (χ0n) is 10.8. The minimum atomic E-state index is -0.695. The highest BCUT2D eigenvalue weighted by molar-refractivity contribution is 7.97. The fourth-order valence-electron chi connectivity index (χ4n) is 2.39. The van der Waals surface area contributed by atoms with Gasteiger partial charge in [0, 0.05) is 0 Å². The number of thioether (sulfide) groups is 1. The van der Waals surface area contributed by atoms with E-state index in [2.05, 4.69) is 10.1 Å². The molecule has 0 saturated heterocycles. The Morgan fingerprint density at radius 3 is 2.83 bits per heavy atom. The molecule has 0 atom stereocenters. The molecule has 18 heavy (non-hydrogen) atoms. The molecule has 0 unspecified atom stereocenters. The van der Waals surface area contributed by atoms with Crippen LogP contribution in [0.4, 0.5) is 0 Å². The van der Waals surface area contributed by atoms with Crippen molar-refractivity contribution in [2.24, 2.45) is 0 Å². The van der Waals surface area contributed by atoms with Crippen LogP contribution in [0.15, 0.2) is 4.52 Å². The van der Waals surface area contributed by atoms with Gasteiger partial charge in [-0.3, -0.25) is 4.79 Å². The number of ether oxygens (including phenoxy) is 1. The Morgan fingerprint density at radius 2 is 2.22 bits per heavy atom. The number of hydrogen-bond acceptors (Lipinski definition) is 6. The molecular weight excluding hydrogens is 252 g/mol. The van der Waals surface area contributed by atoms with Gasteiger partial charge in [0.2, 0.25) is 5.89 Å². The van der Waals surface area contributed by atoms with E-state index in [-0.39, 0.29) is 5.97 Å². The lowest BCUT2D eigenvalue weighted by Crippen LogP contribution is -2.35. The van der Waals surface area contributed by atoms with Crippen LogP contribution in [0.5, 0.6) is 0 Å². The zero-order chi connectivity index (χ0) is 13.0. The van der Waals surface area contributed by atoms with E-state index in [0.29, 0.717) is 24.1 Å². The van der Waals surface area contributed by atoms with Crippen LogP contribution in [-0.4, -0.2) is 29.0 Å². The minimum Gasteiger partial charge on any atom is -0.465 e. The van der Waals surface area contributed by atoms with Gasteiger partial charge in [-0.05, 0) is 26.0 Å². The van der Waals surface area contributed by atoms with Crippen molar-refractivity contribution in [2.75, 3.05) is 12.9 Å². The second-order valence-electron chi connectivity index (χ2n) is 4.46. The predicted molar refractivity (Wildman–Crippen MR) is 68.3 cm³/mol. The molecule has 0 aliphatic heterocycles. The molecule has 1 aromatic heterocycles. The van der Waals surface area contributed by atoms with Crippen LogP contribution in [0, 0.1) is 0 Å². The van der Waals surface area contributed by atoms with Crippen LogP contribution in [0.1, 0.15) is 44.3 Å². The highest BCUT2D eigenvalue weighted by atomic mass is 32.2. The molecular formula is C12H18N2O3S. The van der Waals surface area contributed by atoms with Gasteiger partial charge in [0.15, 0.2) is 5.82 Å². The van der Waals surface area contributed by atoms with Crippen molar-refractivity contribution in [3.05, 3.63) is 11.7 Å². The molecule has 0 bridgehead atoms. The highest BCUT2D eigenvalue weighted by Crippen LogP contribution is 2.41. The first kappa shape index (κ1) is 13.4. The zero-order valence-corrected chi connectivity index (χ0v) is 11.6. The van der Waals surface area contributed by atoms with Crippen LogP contribution < -0.4 is 0 Å². The fraction of sp³-hybridized carbons (Fsp3) is 0.750. The molecule has 0 spiro atoms. The lowest BCUT2D eigenvalue weighted by Gasteiger charge is -2.21. The minimum absolute atomic E-state index is 0.221. The summed E-state index contributed by atoms with van der Waals surface area (Å²) in [7, 11) is 0. The van der Waals surface area contributed by atoms with Gasteiger partial charge < -0.3 is 9.26 Å². The molecule has 0 amide bonds. The number of rotatable bonds is 5. The largest absolute Gasteiger partial charge is 0.465 e. The molecule has 1 saturated carbocycles. The van der Waals surface area contributed by atoms with E-state index >= 15 is 0 Å². The van der Waals surface area contributed by atoms with E-state index in [4.69, 9.17) is 9.26 Å². The van der Waals surface area contributed by atoms with Crippen LogP contribution >= 0.6 is 11.8 Å². The summed E-state index contributed by atoms with van der Waals surface area (Å²) in [6, 6.07) is 0. The number of aromatic nitrogens is 2. The Kier molecular flexibility index (Phi) is 4.27. The van der Waals surface area contributed by atoms with Crippen molar-refractivity contribution >= 4 is 17.7 Å². The van der Waals surface area contributed by atoms with Gasteiger partial charge in [0.1, 0.15) is 5.41 Å². The maximum Gasteiger partial charge on any atom is 0.321 e. The molecule has 0 radical (unpaired) electrons. The molecule has 2 rings (SSSR count). The van der Waals surface area contributed by atoms with Crippen LogP contribution in [0.3, 0.4) is 0 Å². The van der Waals surface area contributed by atoms with Gasteiger partial charge in [-0.1, -0.05) is 18.0 Å². The molecule has 1 aliphatic rings.